The summed E-state index contributed by atoms with van der Waals surface area (Å²) in [7, 11) is 1.33. The molecule has 1 amide bonds. The average Bonchev–Trinajstić information content (AvgIpc) is 2.34. The van der Waals surface area contributed by atoms with Crippen molar-refractivity contribution in [2.45, 2.75) is 12.8 Å². The van der Waals surface area contributed by atoms with Crippen molar-refractivity contribution >= 4 is 17.6 Å². The molecule has 0 aliphatic heterocycles. The molecule has 0 saturated carbocycles. The van der Waals surface area contributed by atoms with E-state index in [1.54, 1.807) is 6.07 Å². The fraction of sp³-hybridized carbons (Fsp3) is 0.364. The van der Waals surface area contributed by atoms with Crippen LogP contribution in [-0.4, -0.2) is 30.5 Å². The Balaban J connectivity index is 2.33. The van der Waals surface area contributed by atoms with Crippen LogP contribution in [0.1, 0.15) is 23.2 Å². The van der Waals surface area contributed by atoms with E-state index in [9.17, 15) is 9.59 Å². The number of nitrogens with zero attached hydrogens (tertiary/aromatic N) is 1. The van der Waals surface area contributed by atoms with E-state index in [2.05, 4.69) is 15.0 Å². The summed E-state index contributed by atoms with van der Waals surface area (Å²) in [5.74, 6) is -0.542. The van der Waals surface area contributed by atoms with Crippen LogP contribution in [0, 0.1) is 0 Å². The SMILES string of the molecule is COC(=O)CCCNC(=O)c1cncc(N)c1. The van der Waals surface area contributed by atoms with Crippen LogP contribution in [0.2, 0.25) is 0 Å². The molecule has 1 aromatic rings. The van der Waals surface area contributed by atoms with Crippen molar-refractivity contribution in [3.8, 4) is 0 Å². The first kappa shape index (κ1) is 13.0. The molecule has 0 radical (unpaired) electrons. The molecule has 0 bridgehead atoms. The number of carbonyl (C=O) groups excluding carboxylic acids is 2. The van der Waals surface area contributed by atoms with Crippen LogP contribution in [0.5, 0.6) is 0 Å². The van der Waals surface area contributed by atoms with Crippen LogP contribution in [0.4, 0.5) is 5.69 Å². The zero-order valence-corrected chi connectivity index (χ0v) is 9.60. The topological polar surface area (TPSA) is 94.3 Å². The summed E-state index contributed by atoms with van der Waals surface area (Å²) in [4.78, 5) is 26.2. The van der Waals surface area contributed by atoms with Gasteiger partial charge in [0.15, 0.2) is 0 Å². The first-order valence-corrected chi connectivity index (χ1v) is 5.19. The van der Waals surface area contributed by atoms with Crippen LogP contribution >= 0.6 is 0 Å². The van der Waals surface area contributed by atoms with Gasteiger partial charge in [0.05, 0.1) is 18.4 Å². The second kappa shape index (κ2) is 6.47. The number of pyridine rings is 1. The van der Waals surface area contributed by atoms with Gasteiger partial charge < -0.3 is 15.8 Å². The molecule has 6 heteroatoms. The Bertz CT molecular complexity index is 407. The third-order valence-electron chi connectivity index (χ3n) is 2.09. The number of nitrogens with one attached hydrogen (secondary N) is 1. The third-order valence-corrected chi connectivity index (χ3v) is 2.09. The first-order chi connectivity index (χ1) is 8.13. The Hall–Kier alpha value is -2.11. The van der Waals surface area contributed by atoms with E-state index in [0.29, 0.717) is 24.2 Å². The van der Waals surface area contributed by atoms with E-state index in [1.165, 1.54) is 19.5 Å². The van der Waals surface area contributed by atoms with E-state index in [-0.39, 0.29) is 18.3 Å². The van der Waals surface area contributed by atoms with Crippen molar-refractivity contribution < 1.29 is 14.3 Å². The minimum Gasteiger partial charge on any atom is -0.469 e. The predicted octanol–water partition coefficient (Wildman–Crippen LogP) is 0.347. The Kier molecular flexibility index (Phi) is 4.93. The van der Waals surface area contributed by atoms with Gasteiger partial charge in [0.1, 0.15) is 0 Å². The normalized spacial score (nSPS) is 9.71. The lowest BCUT2D eigenvalue weighted by atomic mass is 10.2. The highest BCUT2D eigenvalue weighted by atomic mass is 16.5. The molecular formula is C11H15N3O3. The highest BCUT2D eigenvalue weighted by molar-refractivity contribution is 5.94. The number of nitrogens with two attached hydrogens (primary N) is 1. The van der Waals surface area contributed by atoms with Crippen LogP contribution < -0.4 is 11.1 Å². The summed E-state index contributed by atoms with van der Waals surface area (Å²) in [6, 6.07) is 1.54. The molecule has 0 fully saturated rings. The Morgan fingerprint density at radius 3 is 2.88 bits per heavy atom. The molecule has 1 heterocycles. The summed E-state index contributed by atoms with van der Waals surface area (Å²) in [5, 5.41) is 2.66. The maximum absolute atomic E-state index is 11.6. The van der Waals surface area contributed by atoms with E-state index in [0.717, 1.165) is 0 Å². The number of ether oxygens (including phenoxy) is 1. The summed E-state index contributed by atoms with van der Waals surface area (Å²) in [6.45, 7) is 0.405. The van der Waals surface area contributed by atoms with Gasteiger partial charge in [-0.05, 0) is 12.5 Å². The highest BCUT2D eigenvalue weighted by Crippen LogP contribution is 2.03. The Morgan fingerprint density at radius 1 is 1.47 bits per heavy atom. The summed E-state index contributed by atoms with van der Waals surface area (Å²) in [6.07, 6.45) is 3.72. The Labute approximate surface area is 99.2 Å². The van der Waals surface area contributed by atoms with E-state index >= 15 is 0 Å². The molecule has 92 valence electrons. The van der Waals surface area contributed by atoms with Gasteiger partial charge in [-0.3, -0.25) is 14.6 Å². The van der Waals surface area contributed by atoms with Gasteiger partial charge in [-0.25, -0.2) is 0 Å². The fourth-order valence-electron chi connectivity index (χ4n) is 1.22. The molecule has 0 spiro atoms. The number of esters is 1. The largest absolute Gasteiger partial charge is 0.469 e. The number of aromatic nitrogens is 1. The summed E-state index contributed by atoms with van der Waals surface area (Å²) in [5.41, 5.74) is 6.35. The number of amides is 1. The number of anilines is 1. The van der Waals surface area contributed by atoms with Gasteiger partial charge in [0.25, 0.3) is 5.91 Å². The minimum absolute atomic E-state index is 0.255. The van der Waals surface area contributed by atoms with Gasteiger partial charge >= 0.3 is 5.97 Å². The Morgan fingerprint density at radius 2 is 2.24 bits per heavy atom. The second-order valence-electron chi connectivity index (χ2n) is 3.44. The predicted molar refractivity (Wildman–Crippen MR) is 62.2 cm³/mol. The number of rotatable bonds is 5. The molecule has 0 aliphatic carbocycles. The molecule has 0 aliphatic rings. The molecule has 0 saturated heterocycles. The number of carbonyl (C=O) groups is 2. The molecule has 1 aromatic heterocycles. The van der Waals surface area contributed by atoms with E-state index < -0.39 is 0 Å². The van der Waals surface area contributed by atoms with Crippen LogP contribution in [0.3, 0.4) is 0 Å². The highest BCUT2D eigenvalue weighted by Gasteiger charge is 2.06. The summed E-state index contributed by atoms with van der Waals surface area (Å²) >= 11 is 0. The smallest absolute Gasteiger partial charge is 0.305 e. The first-order valence-electron chi connectivity index (χ1n) is 5.19. The quantitative estimate of drug-likeness (QED) is 0.569. The number of nitrogen functional groups attached to an aromatic ring is 1. The second-order valence-corrected chi connectivity index (χ2v) is 3.44. The van der Waals surface area contributed by atoms with Gasteiger partial charge in [-0.2, -0.15) is 0 Å². The zero-order valence-electron chi connectivity index (χ0n) is 9.60. The van der Waals surface area contributed by atoms with Crippen molar-refractivity contribution in [1.29, 1.82) is 0 Å². The van der Waals surface area contributed by atoms with Crippen molar-refractivity contribution in [2.24, 2.45) is 0 Å². The number of hydrogen-bond donors (Lipinski definition) is 2. The molecule has 1 rings (SSSR count). The van der Waals surface area contributed by atoms with Crippen molar-refractivity contribution in [3.05, 3.63) is 24.0 Å². The molecule has 0 unspecified atom stereocenters. The molecular weight excluding hydrogens is 222 g/mol. The van der Waals surface area contributed by atoms with E-state index in [4.69, 9.17) is 5.73 Å². The van der Waals surface area contributed by atoms with Crippen molar-refractivity contribution in [1.82, 2.24) is 10.3 Å². The van der Waals surface area contributed by atoms with Gasteiger partial charge in [-0.1, -0.05) is 0 Å². The zero-order chi connectivity index (χ0) is 12.7. The van der Waals surface area contributed by atoms with Crippen LogP contribution in [-0.2, 0) is 9.53 Å². The van der Waals surface area contributed by atoms with Crippen LogP contribution in [0.15, 0.2) is 18.5 Å². The molecule has 0 atom stereocenters. The molecule has 0 aromatic carbocycles. The number of hydrogen-bond acceptors (Lipinski definition) is 5. The van der Waals surface area contributed by atoms with Gasteiger partial charge in [0, 0.05) is 25.4 Å². The lowest BCUT2D eigenvalue weighted by Gasteiger charge is -2.04. The molecule has 6 nitrogen and oxygen atoms in total. The van der Waals surface area contributed by atoms with Crippen molar-refractivity contribution in [3.63, 3.8) is 0 Å². The average molecular weight is 237 g/mol. The maximum Gasteiger partial charge on any atom is 0.305 e. The fourth-order valence-corrected chi connectivity index (χ4v) is 1.22. The molecule has 3 N–H and O–H groups in total. The monoisotopic (exact) mass is 237 g/mol. The lowest BCUT2D eigenvalue weighted by molar-refractivity contribution is -0.140. The van der Waals surface area contributed by atoms with Crippen LogP contribution in [0.25, 0.3) is 0 Å². The van der Waals surface area contributed by atoms with Gasteiger partial charge in [-0.15, -0.1) is 0 Å². The summed E-state index contributed by atoms with van der Waals surface area (Å²) < 4.78 is 4.48. The third kappa shape index (κ3) is 4.50. The lowest BCUT2D eigenvalue weighted by Crippen LogP contribution is -2.25. The standard InChI is InChI=1S/C11H15N3O3/c1-17-10(15)3-2-4-14-11(16)8-5-9(12)7-13-6-8/h5-7H,2-4,12H2,1H3,(H,14,16). The molecule has 17 heavy (non-hydrogen) atoms. The number of methoxy groups -OCH3 is 1. The van der Waals surface area contributed by atoms with Gasteiger partial charge in [0.2, 0.25) is 0 Å². The minimum atomic E-state index is -0.287. The van der Waals surface area contributed by atoms with E-state index in [1.807, 2.05) is 0 Å². The van der Waals surface area contributed by atoms with Crippen molar-refractivity contribution in [2.75, 3.05) is 19.4 Å². The maximum atomic E-state index is 11.6.